The Hall–Kier alpha value is -2.08. The van der Waals surface area contributed by atoms with Gasteiger partial charge in [0.15, 0.2) is 0 Å². The molecular formula is C19H23ClN2O4. The van der Waals surface area contributed by atoms with Gasteiger partial charge < -0.3 is 14.5 Å². The average Bonchev–Trinajstić information content (AvgIpc) is 3.03. The first kappa shape index (κ1) is 18.7. The second kappa shape index (κ2) is 8.08. The van der Waals surface area contributed by atoms with Gasteiger partial charge in [-0.25, -0.2) is 0 Å². The molecule has 0 aliphatic carbocycles. The Morgan fingerprint density at radius 1 is 1.27 bits per heavy atom. The van der Waals surface area contributed by atoms with Gasteiger partial charge in [-0.1, -0.05) is 17.7 Å². The van der Waals surface area contributed by atoms with Gasteiger partial charge in [0.1, 0.15) is 0 Å². The van der Waals surface area contributed by atoms with Crippen LogP contribution in [-0.4, -0.2) is 48.9 Å². The van der Waals surface area contributed by atoms with Gasteiger partial charge in [-0.05, 0) is 38.0 Å². The fourth-order valence-electron chi connectivity index (χ4n) is 3.65. The summed E-state index contributed by atoms with van der Waals surface area (Å²) < 4.78 is 5.09. The van der Waals surface area contributed by atoms with Gasteiger partial charge in [0, 0.05) is 36.8 Å². The van der Waals surface area contributed by atoms with Crippen LogP contribution in [0.3, 0.4) is 0 Å². The molecular weight excluding hydrogens is 356 g/mol. The van der Waals surface area contributed by atoms with E-state index in [-0.39, 0.29) is 36.0 Å². The fraction of sp³-hybridized carbons (Fsp3) is 0.526. The summed E-state index contributed by atoms with van der Waals surface area (Å²) in [6, 6.07) is 7.07. The second-order valence-electron chi connectivity index (χ2n) is 6.76. The van der Waals surface area contributed by atoms with Crippen LogP contribution >= 0.6 is 11.6 Å². The van der Waals surface area contributed by atoms with E-state index >= 15 is 0 Å². The SMILES string of the molecule is CCOC(=O)[C@@H]1CCCN(C(=O)[C@@H]2CC(=O)N(c3cccc(Cl)c3)C2)C1. The van der Waals surface area contributed by atoms with Crippen LogP contribution in [-0.2, 0) is 19.1 Å². The molecule has 2 heterocycles. The second-order valence-corrected chi connectivity index (χ2v) is 7.20. The molecule has 2 amide bonds. The molecule has 1 aromatic rings. The fourth-order valence-corrected chi connectivity index (χ4v) is 3.84. The lowest BCUT2D eigenvalue weighted by Crippen LogP contribution is -2.45. The number of halogens is 1. The number of esters is 1. The molecule has 140 valence electrons. The lowest BCUT2D eigenvalue weighted by molar-refractivity contribution is -0.152. The predicted molar refractivity (Wildman–Crippen MR) is 97.8 cm³/mol. The number of hydrogen-bond acceptors (Lipinski definition) is 4. The molecule has 7 heteroatoms. The zero-order chi connectivity index (χ0) is 18.7. The van der Waals surface area contributed by atoms with Gasteiger partial charge in [-0.2, -0.15) is 0 Å². The smallest absolute Gasteiger partial charge is 0.310 e. The monoisotopic (exact) mass is 378 g/mol. The largest absolute Gasteiger partial charge is 0.466 e. The third-order valence-corrected chi connectivity index (χ3v) is 5.18. The van der Waals surface area contributed by atoms with Crippen LogP contribution < -0.4 is 4.90 Å². The molecule has 2 saturated heterocycles. The van der Waals surface area contributed by atoms with E-state index in [4.69, 9.17) is 16.3 Å². The number of nitrogens with zero attached hydrogens (tertiary/aromatic N) is 2. The van der Waals surface area contributed by atoms with Crippen molar-refractivity contribution < 1.29 is 19.1 Å². The van der Waals surface area contributed by atoms with E-state index in [1.54, 1.807) is 34.9 Å². The van der Waals surface area contributed by atoms with Crippen molar-refractivity contribution in [1.82, 2.24) is 4.90 Å². The van der Waals surface area contributed by atoms with Crippen molar-refractivity contribution in [3.8, 4) is 0 Å². The topological polar surface area (TPSA) is 66.9 Å². The first-order chi connectivity index (χ1) is 12.5. The molecule has 0 spiro atoms. The van der Waals surface area contributed by atoms with E-state index in [9.17, 15) is 14.4 Å². The maximum absolute atomic E-state index is 12.9. The van der Waals surface area contributed by atoms with Crippen LogP contribution in [0.1, 0.15) is 26.2 Å². The zero-order valence-electron chi connectivity index (χ0n) is 14.8. The van der Waals surface area contributed by atoms with E-state index in [0.717, 1.165) is 12.8 Å². The van der Waals surface area contributed by atoms with Gasteiger partial charge in [0.2, 0.25) is 11.8 Å². The molecule has 6 nitrogen and oxygen atoms in total. The highest BCUT2D eigenvalue weighted by Crippen LogP contribution is 2.29. The minimum Gasteiger partial charge on any atom is -0.466 e. The van der Waals surface area contributed by atoms with E-state index in [0.29, 0.717) is 37.0 Å². The van der Waals surface area contributed by atoms with Gasteiger partial charge >= 0.3 is 5.97 Å². The number of amides is 2. The van der Waals surface area contributed by atoms with E-state index < -0.39 is 0 Å². The lowest BCUT2D eigenvalue weighted by Gasteiger charge is -2.33. The van der Waals surface area contributed by atoms with Crippen LogP contribution in [0, 0.1) is 11.8 Å². The molecule has 0 aromatic heterocycles. The van der Waals surface area contributed by atoms with Crippen molar-refractivity contribution in [2.24, 2.45) is 11.8 Å². The lowest BCUT2D eigenvalue weighted by atomic mass is 9.96. The molecule has 0 unspecified atom stereocenters. The molecule has 2 fully saturated rings. The summed E-state index contributed by atoms with van der Waals surface area (Å²) in [6.45, 7) is 3.46. The van der Waals surface area contributed by atoms with Crippen molar-refractivity contribution in [2.45, 2.75) is 26.2 Å². The number of carbonyl (C=O) groups excluding carboxylic acids is 3. The Balaban J connectivity index is 1.65. The molecule has 3 rings (SSSR count). The summed E-state index contributed by atoms with van der Waals surface area (Å²) in [7, 11) is 0. The highest BCUT2D eigenvalue weighted by molar-refractivity contribution is 6.31. The predicted octanol–water partition coefficient (Wildman–Crippen LogP) is 2.49. The standard InChI is InChI=1S/C19H23ClN2O4/c1-2-26-19(25)13-5-4-8-21(11-13)18(24)14-9-17(23)22(12-14)16-7-3-6-15(20)10-16/h3,6-7,10,13-14H,2,4-5,8-9,11-12H2,1H3/t13-,14-/m1/s1. The Bertz CT molecular complexity index is 709. The third kappa shape index (κ3) is 4.01. The molecule has 1 aromatic carbocycles. The summed E-state index contributed by atoms with van der Waals surface area (Å²) in [5.74, 6) is -1.04. The maximum Gasteiger partial charge on any atom is 0.310 e. The number of benzene rings is 1. The maximum atomic E-state index is 12.9. The van der Waals surface area contributed by atoms with Gasteiger partial charge in [0.05, 0.1) is 18.4 Å². The first-order valence-corrected chi connectivity index (χ1v) is 9.38. The molecule has 2 aliphatic rings. The number of piperidine rings is 1. The van der Waals surface area contributed by atoms with Gasteiger partial charge in [-0.3, -0.25) is 14.4 Å². The zero-order valence-corrected chi connectivity index (χ0v) is 15.6. The summed E-state index contributed by atoms with van der Waals surface area (Å²) in [4.78, 5) is 40.6. The van der Waals surface area contributed by atoms with Gasteiger partial charge in [0.25, 0.3) is 0 Å². The van der Waals surface area contributed by atoms with Gasteiger partial charge in [-0.15, -0.1) is 0 Å². The van der Waals surface area contributed by atoms with Crippen molar-refractivity contribution in [1.29, 1.82) is 0 Å². The summed E-state index contributed by atoms with van der Waals surface area (Å²) >= 11 is 6.01. The Morgan fingerprint density at radius 3 is 2.81 bits per heavy atom. The van der Waals surface area contributed by atoms with E-state index in [1.807, 2.05) is 6.07 Å². The highest BCUT2D eigenvalue weighted by atomic mass is 35.5. The molecule has 0 saturated carbocycles. The number of likely N-dealkylation sites (tertiary alicyclic amines) is 1. The Morgan fingerprint density at radius 2 is 2.08 bits per heavy atom. The molecule has 0 N–H and O–H groups in total. The van der Waals surface area contributed by atoms with Crippen LogP contribution in [0.2, 0.25) is 5.02 Å². The van der Waals surface area contributed by atoms with Crippen molar-refractivity contribution in [2.75, 3.05) is 31.1 Å². The molecule has 0 radical (unpaired) electrons. The minimum atomic E-state index is -0.387. The number of carbonyl (C=O) groups is 3. The van der Waals surface area contributed by atoms with Crippen molar-refractivity contribution in [3.63, 3.8) is 0 Å². The van der Waals surface area contributed by atoms with Crippen molar-refractivity contribution in [3.05, 3.63) is 29.3 Å². The minimum absolute atomic E-state index is 0.0584. The third-order valence-electron chi connectivity index (χ3n) is 4.95. The normalized spacial score (nSPS) is 23.2. The number of ether oxygens (including phenoxy) is 1. The van der Waals surface area contributed by atoms with Crippen LogP contribution in [0.25, 0.3) is 0 Å². The van der Waals surface area contributed by atoms with Crippen molar-refractivity contribution >= 4 is 35.1 Å². The number of rotatable bonds is 4. The van der Waals surface area contributed by atoms with Crippen LogP contribution in [0.5, 0.6) is 0 Å². The molecule has 2 aliphatic heterocycles. The van der Waals surface area contributed by atoms with E-state index in [2.05, 4.69) is 0 Å². The Kier molecular flexibility index (Phi) is 5.81. The Labute approximate surface area is 158 Å². The molecule has 0 bridgehead atoms. The summed E-state index contributed by atoms with van der Waals surface area (Å²) in [6.07, 6.45) is 1.70. The summed E-state index contributed by atoms with van der Waals surface area (Å²) in [5.41, 5.74) is 0.709. The van der Waals surface area contributed by atoms with E-state index in [1.165, 1.54) is 0 Å². The van der Waals surface area contributed by atoms with Crippen LogP contribution in [0.15, 0.2) is 24.3 Å². The number of anilines is 1. The molecule has 2 atom stereocenters. The average molecular weight is 379 g/mol. The number of hydrogen-bond donors (Lipinski definition) is 0. The first-order valence-electron chi connectivity index (χ1n) is 9.01. The van der Waals surface area contributed by atoms with Crippen LogP contribution in [0.4, 0.5) is 5.69 Å². The summed E-state index contributed by atoms with van der Waals surface area (Å²) in [5, 5.41) is 0.554. The highest BCUT2D eigenvalue weighted by Gasteiger charge is 2.39. The molecule has 26 heavy (non-hydrogen) atoms. The quantitative estimate of drug-likeness (QED) is 0.755.